The number of carbonyl (C=O) groups excluding carboxylic acids is 1. The lowest BCUT2D eigenvalue weighted by Gasteiger charge is -2.08. The molecule has 0 atom stereocenters. The van der Waals surface area contributed by atoms with Gasteiger partial charge in [-0.3, -0.25) is 4.79 Å². The number of benzene rings is 1. The predicted octanol–water partition coefficient (Wildman–Crippen LogP) is 3.54. The van der Waals surface area contributed by atoms with E-state index in [4.69, 9.17) is 4.74 Å². The third-order valence-electron chi connectivity index (χ3n) is 3.40. The van der Waals surface area contributed by atoms with Gasteiger partial charge in [-0.2, -0.15) is 0 Å². The van der Waals surface area contributed by atoms with Gasteiger partial charge < -0.3 is 15.4 Å². The van der Waals surface area contributed by atoms with Crippen molar-refractivity contribution >= 4 is 17.4 Å². The first-order valence-corrected chi connectivity index (χ1v) is 8.34. The maximum atomic E-state index is 11.9. The maximum Gasteiger partial charge on any atom is 0.271 e. The van der Waals surface area contributed by atoms with E-state index in [0.29, 0.717) is 24.7 Å². The van der Waals surface area contributed by atoms with Crippen LogP contribution in [0.1, 0.15) is 43.6 Å². The standard InChI is InChI=1S/C18H24N4O2/c1-3-5-6-13-19-18(23)16-11-12-17(22-21-16)20-14-7-9-15(10-8-14)24-4-2/h7-12H,3-6,13H2,1-2H3,(H,19,23)(H,20,22). The summed E-state index contributed by atoms with van der Waals surface area (Å²) in [6.45, 7) is 5.38. The van der Waals surface area contributed by atoms with Crippen molar-refractivity contribution in [2.75, 3.05) is 18.5 Å². The minimum atomic E-state index is -0.189. The number of anilines is 2. The number of aromatic nitrogens is 2. The molecule has 2 rings (SSSR count). The zero-order chi connectivity index (χ0) is 17.2. The quantitative estimate of drug-likeness (QED) is 0.689. The number of unbranched alkanes of at least 4 members (excludes halogenated alkanes) is 2. The summed E-state index contributed by atoms with van der Waals surface area (Å²) in [4.78, 5) is 11.9. The summed E-state index contributed by atoms with van der Waals surface area (Å²) in [6, 6.07) is 11.0. The van der Waals surface area contributed by atoms with E-state index in [1.165, 1.54) is 0 Å². The van der Waals surface area contributed by atoms with E-state index in [1.54, 1.807) is 12.1 Å². The first kappa shape index (κ1) is 17.7. The third kappa shape index (κ3) is 5.53. The second-order valence-corrected chi connectivity index (χ2v) is 5.35. The van der Waals surface area contributed by atoms with Crippen LogP contribution in [0.5, 0.6) is 5.75 Å². The molecule has 1 heterocycles. The SMILES string of the molecule is CCCCCNC(=O)c1ccc(Nc2ccc(OCC)cc2)nn1. The zero-order valence-electron chi connectivity index (χ0n) is 14.2. The molecule has 1 amide bonds. The molecule has 0 aliphatic heterocycles. The fourth-order valence-corrected chi connectivity index (χ4v) is 2.14. The number of nitrogens with zero attached hydrogens (tertiary/aromatic N) is 2. The van der Waals surface area contributed by atoms with Crippen LogP contribution in [0.3, 0.4) is 0 Å². The van der Waals surface area contributed by atoms with Gasteiger partial charge in [0.25, 0.3) is 5.91 Å². The van der Waals surface area contributed by atoms with E-state index in [9.17, 15) is 4.79 Å². The van der Waals surface area contributed by atoms with Crippen molar-refractivity contribution in [1.82, 2.24) is 15.5 Å². The molecule has 6 nitrogen and oxygen atoms in total. The monoisotopic (exact) mass is 328 g/mol. The van der Waals surface area contributed by atoms with E-state index in [-0.39, 0.29) is 5.91 Å². The van der Waals surface area contributed by atoms with Gasteiger partial charge in [0.1, 0.15) is 5.75 Å². The molecule has 1 aromatic carbocycles. The highest BCUT2D eigenvalue weighted by atomic mass is 16.5. The van der Waals surface area contributed by atoms with Gasteiger partial charge in [-0.25, -0.2) is 0 Å². The summed E-state index contributed by atoms with van der Waals surface area (Å²) in [5.74, 6) is 1.22. The smallest absolute Gasteiger partial charge is 0.271 e. The fourth-order valence-electron chi connectivity index (χ4n) is 2.14. The van der Waals surface area contributed by atoms with Crippen LogP contribution in [0.25, 0.3) is 0 Å². The van der Waals surface area contributed by atoms with Crippen LogP contribution in [-0.4, -0.2) is 29.3 Å². The lowest BCUT2D eigenvalue weighted by Crippen LogP contribution is -2.25. The van der Waals surface area contributed by atoms with Gasteiger partial charge in [0.15, 0.2) is 11.5 Å². The van der Waals surface area contributed by atoms with Gasteiger partial charge in [-0.05, 0) is 49.7 Å². The number of carbonyl (C=O) groups is 1. The Morgan fingerprint density at radius 1 is 1.04 bits per heavy atom. The third-order valence-corrected chi connectivity index (χ3v) is 3.40. The summed E-state index contributed by atoms with van der Waals surface area (Å²) in [5, 5.41) is 14.0. The second-order valence-electron chi connectivity index (χ2n) is 5.35. The van der Waals surface area contributed by atoms with Crippen molar-refractivity contribution in [3.63, 3.8) is 0 Å². The molecule has 0 aliphatic rings. The molecular formula is C18H24N4O2. The molecule has 0 fully saturated rings. The van der Waals surface area contributed by atoms with Crippen LogP contribution in [0.4, 0.5) is 11.5 Å². The van der Waals surface area contributed by atoms with Gasteiger partial charge in [-0.15, -0.1) is 10.2 Å². The minimum absolute atomic E-state index is 0.189. The fraction of sp³-hybridized carbons (Fsp3) is 0.389. The van der Waals surface area contributed by atoms with Crippen LogP contribution in [0.15, 0.2) is 36.4 Å². The molecule has 2 aromatic rings. The molecule has 0 spiro atoms. The number of nitrogens with one attached hydrogen (secondary N) is 2. The molecule has 24 heavy (non-hydrogen) atoms. The molecule has 0 saturated heterocycles. The number of amides is 1. The van der Waals surface area contributed by atoms with Gasteiger partial charge in [0, 0.05) is 12.2 Å². The van der Waals surface area contributed by atoms with E-state index in [2.05, 4.69) is 27.8 Å². The van der Waals surface area contributed by atoms with E-state index < -0.39 is 0 Å². The van der Waals surface area contributed by atoms with Gasteiger partial charge >= 0.3 is 0 Å². The second kappa shape index (κ2) is 9.50. The maximum absolute atomic E-state index is 11.9. The summed E-state index contributed by atoms with van der Waals surface area (Å²) < 4.78 is 5.40. The Bertz CT molecular complexity index is 626. The Balaban J connectivity index is 1.88. The minimum Gasteiger partial charge on any atom is -0.494 e. The Morgan fingerprint density at radius 3 is 2.46 bits per heavy atom. The number of hydrogen-bond donors (Lipinski definition) is 2. The molecule has 6 heteroatoms. The van der Waals surface area contributed by atoms with Crippen LogP contribution in [-0.2, 0) is 0 Å². The largest absolute Gasteiger partial charge is 0.494 e. The Labute approximate surface area is 142 Å². The topological polar surface area (TPSA) is 76.1 Å². The van der Waals surface area contributed by atoms with Crippen LogP contribution >= 0.6 is 0 Å². The van der Waals surface area contributed by atoms with E-state index in [0.717, 1.165) is 30.7 Å². The van der Waals surface area contributed by atoms with Crippen molar-refractivity contribution in [2.45, 2.75) is 33.1 Å². The molecule has 0 unspecified atom stereocenters. The zero-order valence-corrected chi connectivity index (χ0v) is 14.2. The van der Waals surface area contributed by atoms with Gasteiger partial charge in [-0.1, -0.05) is 19.8 Å². The lowest BCUT2D eigenvalue weighted by atomic mass is 10.2. The van der Waals surface area contributed by atoms with E-state index >= 15 is 0 Å². The van der Waals surface area contributed by atoms with E-state index in [1.807, 2.05) is 31.2 Å². The molecule has 0 saturated carbocycles. The van der Waals surface area contributed by atoms with Crippen LogP contribution < -0.4 is 15.4 Å². The average Bonchev–Trinajstić information content (AvgIpc) is 2.61. The molecule has 0 radical (unpaired) electrons. The van der Waals surface area contributed by atoms with Crippen LogP contribution in [0.2, 0.25) is 0 Å². The molecular weight excluding hydrogens is 304 g/mol. The molecule has 0 aliphatic carbocycles. The first-order valence-electron chi connectivity index (χ1n) is 8.34. The summed E-state index contributed by atoms with van der Waals surface area (Å²) in [7, 11) is 0. The van der Waals surface area contributed by atoms with Crippen molar-refractivity contribution in [1.29, 1.82) is 0 Å². The highest BCUT2D eigenvalue weighted by Gasteiger charge is 2.07. The molecule has 0 bridgehead atoms. The predicted molar refractivity (Wildman–Crippen MR) is 94.8 cm³/mol. The lowest BCUT2D eigenvalue weighted by molar-refractivity contribution is 0.0947. The normalized spacial score (nSPS) is 10.2. The summed E-state index contributed by atoms with van der Waals surface area (Å²) >= 11 is 0. The van der Waals surface area contributed by atoms with Crippen LogP contribution in [0, 0.1) is 0 Å². The number of ether oxygens (including phenoxy) is 1. The molecule has 1 aromatic heterocycles. The summed E-state index contributed by atoms with van der Waals surface area (Å²) in [6.07, 6.45) is 3.21. The number of rotatable bonds is 9. The number of hydrogen-bond acceptors (Lipinski definition) is 5. The van der Waals surface area contributed by atoms with Crippen molar-refractivity contribution < 1.29 is 9.53 Å². The van der Waals surface area contributed by atoms with Gasteiger partial charge in [0.2, 0.25) is 0 Å². The first-order chi connectivity index (χ1) is 11.7. The molecule has 128 valence electrons. The van der Waals surface area contributed by atoms with Gasteiger partial charge in [0.05, 0.1) is 6.61 Å². The van der Waals surface area contributed by atoms with Crippen molar-refractivity contribution in [3.05, 3.63) is 42.1 Å². The summed E-state index contributed by atoms with van der Waals surface area (Å²) in [5.41, 5.74) is 1.20. The molecule has 2 N–H and O–H groups in total. The highest BCUT2D eigenvalue weighted by Crippen LogP contribution is 2.18. The Kier molecular flexibility index (Phi) is 7.01. The Hall–Kier alpha value is -2.63. The van der Waals surface area contributed by atoms with Crippen molar-refractivity contribution in [3.8, 4) is 5.75 Å². The highest BCUT2D eigenvalue weighted by molar-refractivity contribution is 5.92. The Morgan fingerprint density at radius 2 is 1.83 bits per heavy atom. The average molecular weight is 328 g/mol. The van der Waals surface area contributed by atoms with Crippen molar-refractivity contribution in [2.24, 2.45) is 0 Å².